The number of aromatic nitrogens is 4. The minimum atomic E-state index is -0.249. The Morgan fingerprint density at radius 2 is 1.90 bits per heavy atom. The monoisotopic (exact) mass is 408 g/mol. The van der Waals surface area contributed by atoms with Crippen LogP contribution in [0.5, 0.6) is 5.75 Å². The van der Waals surface area contributed by atoms with Gasteiger partial charge in [-0.15, -0.1) is 0 Å². The largest absolute Gasteiger partial charge is 0.496 e. The zero-order chi connectivity index (χ0) is 20.9. The van der Waals surface area contributed by atoms with Crippen molar-refractivity contribution in [1.82, 2.24) is 24.5 Å². The quantitative estimate of drug-likeness (QED) is 0.675. The van der Waals surface area contributed by atoms with Crippen LogP contribution >= 0.6 is 0 Å². The molecule has 0 radical (unpaired) electrons. The molecule has 3 aromatic rings. The van der Waals surface area contributed by atoms with E-state index < -0.39 is 0 Å². The number of nitrogens with zero attached hydrogens (tertiary/aromatic N) is 5. The van der Waals surface area contributed by atoms with Crippen LogP contribution in [0.3, 0.4) is 0 Å². The van der Waals surface area contributed by atoms with Gasteiger partial charge in [0.1, 0.15) is 18.1 Å². The third-order valence-corrected chi connectivity index (χ3v) is 5.28. The van der Waals surface area contributed by atoms with Crippen LogP contribution in [0.1, 0.15) is 29.2 Å². The molecule has 9 heteroatoms. The summed E-state index contributed by atoms with van der Waals surface area (Å²) in [5, 5.41) is 11.4. The Morgan fingerprint density at radius 1 is 1.10 bits per heavy atom. The first-order chi connectivity index (χ1) is 14.7. The Labute approximate surface area is 174 Å². The van der Waals surface area contributed by atoms with Gasteiger partial charge >= 0.3 is 0 Å². The molecule has 1 aliphatic rings. The fourth-order valence-electron chi connectivity index (χ4n) is 3.71. The molecule has 1 saturated heterocycles. The predicted molar refractivity (Wildman–Crippen MR) is 110 cm³/mol. The molecule has 3 heterocycles. The average Bonchev–Trinajstić information content (AvgIpc) is 3.46. The number of benzene rings is 1. The summed E-state index contributed by atoms with van der Waals surface area (Å²) in [7, 11) is 1.54. The topological polar surface area (TPSA) is 94.3 Å². The molecule has 4 rings (SSSR count). The van der Waals surface area contributed by atoms with E-state index in [2.05, 4.69) is 15.5 Å². The van der Waals surface area contributed by atoms with Crippen molar-refractivity contribution in [3.8, 4) is 5.75 Å². The molecule has 1 aliphatic heterocycles. The maximum atomic E-state index is 12.7. The van der Waals surface area contributed by atoms with E-state index in [1.54, 1.807) is 53.6 Å². The van der Waals surface area contributed by atoms with Gasteiger partial charge in [0.25, 0.3) is 5.91 Å². The van der Waals surface area contributed by atoms with Crippen LogP contribution in [0.15, 0.2) is 55.0 Å². The minimum Gasteiger partial charge on any atom is -0.496 e. The number of rotatable bonds is 6. The van der Waals surface area contributed by atoms with Crippen molar-refractivity contribution < 1.29 is 14.3 Å². The predicted octanol–water partition coefficient (Wildman–Crippen LogP) is 2.20. The lowest BCUT2D eigenvalue weighted by Crippen LogP contribution is -2.41. The van der Waals surface area contributed by atoms with Crippen molar-refractivity contribution in [2.75, 3.05) is 25.5 Å². The number of carbonyl (C=O) groups is 2. The van der Waals surface area contributed by atoms with Crippen LogP contribution in [0.2, 0.25) is 0 Å². The smallest absolute Gasteiger partial charge is 0.260 e. The molecule has 0 bridgehead atoms. The highest BCUT2D eigenvalue weighted by Crippen LogP contribution is 2.26. The van der Waals surface area contributed by atoms with E-state index in [1.807, 2.05) is 15.6 Å². The van der Waals surface area contributed by atoms with E-state index in [-0.39, 0.29) is 24.4 Å². The van der Waals surface area contributed by atoms with E-state index in [0.717, 1.165) is 12.8 Å². The van der Waals surface area contributed by atoms with E-state index in [4.69, 9.17) is 4.74 Å². The van der Waals surface area contributed by atoms with Crippen molar-refractivity contribution in [2.45, 2.75) is 25.4 Å². The maximum Gasteiger partial charge on any atom is 0.260 e. The lowest BCUT2D eigenvalue weighted by Gasteiger charge is -2.32. The van der Waals surface area contributed by atoms with Gasteiger partial charge in [0, 0.05) is 31.5 Å². The molecule has 0 unspecified atom stereocenters. The number of nitrogens with one attached hydrogen (secondary N) is 1. The Kier molecular flexibility index (Phi) is 5.78. The zero-order valence-corrected chi connectivity index (χ0v) is 16.8. The SMILES string of the molecule is COc1ccccc1C(=O)Nc1ccnn1C1CCN(C(=O)Cn2cccn2)CC1. The molecule has 9 nitrogen and oxygen atoms in total. The Balaban J connectivity index is 1.38. The van der Waals surface area contributed by atoms with Crippen LogP contribution in [-0.2, 0) is 11.3 Å². The number of carbonyl (C=O) groups excluding carboxylic acids is 2. The van der Waals surface area contributed by atoms with E-state index in [0.29, 0.717) is 30.2 Å². The van der Waals surface area contributed by atoms with Gasteiger partial charge < -0.3 is 15.0 Å². The average molecular weight is 408 g/mol. The second-order valence-corrected chi connectivity index (χ2v) is 7.13. The molecule has 1 N–H and O–H groups in total. The highest BCUT2D eigenvalue weighted by molar-refractivity contribution is 6.05. The molecule has 30 heavy (non-hydrogen) atoms. The van der Waals surface area contributed by atoms with Gasteiger partial charge in [0.05, 0.1) is 24.9 Å². The number of hydrogen-bond donors (Lipinski definition) is 1. The van der Waals surface area contributed by atoms with E-state index in [9.17, 15) is 9.59 Å². The van der Waals surface area contributed by atoms with Gasteiger partial charge in [-0.1, -0.05) is 12.1 Å². The molecule has 156 valence electrons. The minimum absolute atomic E-state index is 0.0577. The Morgan fingerprint density at radius 3 is 2.63 bits per heavy atom. The first kappa shape index (κ1) is 19.7. The second kappa shape index (κ2) is 8.81. The van der Waals surface area contributed by atoms with Gasteiger partial charge in [-0.2, -0.15) is 10.2 Å². The first-order valence-corrected chi connectivity index (χ1v) is 9.89. The van der Waals surface area contributed by atoms with Crippen LogP contribution in [0.25, 0.3) is 0 Å². The highest BCUT2D eigenvalue weighted by Gasteiger charge is 2.26. The van der Waals surface area contributed by atoms with Gasteiger partial charge in [-0.05, 0) is 31.0 Å². The molecule has 0 atom stereocenters. The molecular weight excluding hydrogens is 384 g/mol. The number of likely N-dealkylation sites (tertiary alicyclic amines) is 1. The second-order valence-electron chi connectivity index (χ2n) is 7.13. The van der Waals surface area contributed by atoms with Crippen molar-refractivity contribution in [1.29, 1.82) is 0 Å². The number of hydrogen-bond acceptors (Lipinski definition) is 5. The molecular formula is C21H24N6O3. The lowest BCUT2D eigenvalue weighted by molar-refractivity contribution is -0.133. The van der Waals surface area contributed by atoms with Crippen molar-refractivity contribution in [2.24, 2.45) is 0 Å². The Bertz CT molecular complexity index is 1010. The lowest BCUT2D eigenvalue weighted by atomic mass is 10.1. The van der Waals surface area contributed by atoms with Crippen LogP contribution in [0.4, 0.5) is 5.82 Å². The van der Waals surface area contributed by atoms with Crippen molar-refractivity contribution in [3.63, 3.8) is 0 Å². The van der Waals surface area contributed by atoms with Crippen LogP contribution in [0, 0.1) is 0 Å². The number of anilines is 1. The standard InChI is InChI=1S/C21H24N6O3/c1-30-18-6-3-2-5-17(18)21(29)24-19-7-11-23-27(19)16-8-13-25(14-9-16)20(28)15-26-12-4-10-22-26/h2-7,10-12,16H,8-9,13-15H2,1H3,(H,24,29). The fraction of sp³-hybridized carbons (Fsp3) is 0.333. The van der Waals surface area contributed by atoms with Crippen molar-refractivity contribution in [3.05, 3.63) is 60.6 Å². The molecule has 1 aromatic carbocycles. The van der Waals surface area contributed by atoms with E-state index >= 15 is 0 Å². The molecule has 2 amide bonds. The molecule has 0 saturated carbocycles. The summed E-state index contributed by atoms with van der Waals surface area (Å²) in [4.78, 5) is 27.0. The molecule has 0 spiro atoms. The van der Waals surface area contributed by atoms with Crippen LogP contribution < -0.4 is 10.1 Å². The third kappa shape index (κ3) is 4.19. The van der Waals surface area contributed by atoms with Crippen LogP contribution in [-0.4, -0.2) is 56.5 Å². The number of para-hydroxylation sites is 1. The maximum absolute atomic E-state index is 12.7. The van der Waals surface area contributed by atoms with Gasteiger partial charge in [-0.25, -0.2) is 4.68 Å². The van der Waals surface area contributed by atoms with Gasteiger partial charge in [-0.3, -0.25) is 14.3 Å². The Hall–Kier alpha value is -3.62. The molecule has 1 fully saturated rings. The third-order valence-electron chi connectivity index (χ3n) is 5.28. The number of ether oxygens (including phenoxy) is 1. The summed E-state index contributed by atoms with van der Waals surface area (Å²) in [6.45, 7) is 1.54. The van der Waals surface area contributed by atoms with Gasteiger partial charge in [0.2, 0.25) is 5.91 Å². The normalized spacial score (nSPS) is 14.5. The van der Waals surface area contributed by atoms with Crippen molar-refractivity contribution >= 4 is 17.6 Å². The van der Waals surface area contributed by atoms with E-state index in [1.165, 1.54) is 7.11 Å². The summed E-state index contributed by atoms with van der Waals surface area (Å²) < 4.78 is 8.75. The first-order valence-electron chi connectivity index (χ1n) is 9.89. The highest BCUT2D eigenvalue weighted by atomic mass is 16.5. The zero-order valence-electron chi connectivity index (χ0n) is 16.8. The summed E-state index contributed by atoms with van der Waals surface area (Å²) in [5.41, 5.74) is 0.465. The summed E-state index contributed by atoms with van der Waals surface area (Å²) in [6.07, 6.45) is 6.66. The number of methoxy groups -OCH3 is 1. The summed E-state index contributed by atoms with van der Waals surface area (Å²) in [6, 6.07) is 10.8. The summed E-state index contributed by atoms with van der Waals surface area (Å²) in [5.74, 6) is 0.959. The molecule has 2 aromatic heterocycles. The van der Waals surface area contributed by atoms with Gasteiger partial charge in [0.15, 0.2) is 0 Å². The summed E-state index contributed by atoms with van der Waals surface area (Å²) >= 11 is 0. The molecule has 0 aliphatic carbocycles. The fourth-order valence-corrected chi connectivity index (χ4v) is 3.71. The number of amides is 2. The number of piperidine rings is 1.